The fourth-order valence-corrected chi connectivity index (χ4v) is 3.37. The van der Waals surface area contributed by atoms with Crippen molar-refractivity contribution in [1.29, 1.82) is 0 Å². The second-order valence-corrected chi connectivity index (χ2v) is 6.10. The van der Waals surface area contributed by atoms with Crippen molar-refractivity contribution >= 4 is 21.7 Å². The Hall–Kier alpha value is -1.42. The minimum atomic E-state index is 0.131. The van der Waals surface area contributed by atoms with Crippen molar-refractivity contribution in [3.05, 3.63) is 51.5 Å². The van der Waals surface area contributed by atoms with Crippen LogP contribution in [0.3, 0.4) is 0 Å². The van der Waals surface area contributed by atoms with Crippen LogP contribution in [0.1, 0.15) is 40.4 Å². The van der Waals surface area contributed by atoms with Crippen molar-refractivity contribution in [2.24, 2.45) is 0 Å². The van der Waals surface area contributed by atoms with Crippen LogP contribution in [0.5, 0.6) is 0 Å². The maximum Gasteiger partial charge on any atom is 0.183 e. The molecule has 0 N–H and O–H groups in total. The zero-order valence-electron chi connectivity index (χ0n) is 11.5. The number of rotatable bonds is 3. The van der Waals surface area contributed by atoms with E-state index in [1.807, 2.05) is 31.2 Å². The van der Waals surface area contributed by atoms with Gasteiger partial charge in [0.05, 0.1) is 12.2 Å². The number of hydrogen-bond donors (Lipinski definition) is 0. The molecule has 104 valence electrons. The van der Waals surface area contributed by atoms with Crippen molar-refractivity contribution in [1.82, 2.24) is 9.55 Å². The van der Waals surface area contributed by atoms with Crippen molar-refractivity contribution in [2.45, 2.75) is 39.2 Å². The molecule has 2 aromatic rings. The maximum absolute atomic E-state index is 12.5. The number of hydrogen-bond acceptors (Lipinski definition) is 2. The molecule has 1 aliphatic rings. The Morgan fingerprint density at radius 1 is 1.30 bits per heavy atom. The van der Waals surface area contributed by atoms with E-state index < -0.39 is 0 Å². The summed E-state index contributed by atoms with van der Waals surface area (Å²) in [6, 6.07) is 7.59. The number of carbonyl (C=O) groups excluding carboxylic acids is 1. The minimum absolute atomic E-state index is 0.131. The van der Waals surface area contributed by atoms with Crippen molar-refractivity contribution in [3.63, 3.8) is 0 Å². The molecule has 0 atom stereocenters. The second kappa shape index (κ2) is 5.52. The number of carbonyl (C=O) groups is 1. The molecule has 0 saturated heterocycles. The Labute approximate surface area is 127 Å². The average molecular weight is 333 g/mol. The lowest BCUT2D eigenvalue weighted by molar-refractivity contribution is 0.0969. The summed E-state index contributed by atoms with van der Waals surface area (Å²) in [7, 11) is 0. The Balaban J connectivity index is 1.90. The van der Waals surface area contributed by atoms with Gasteiger partial charge in [0.25, 0.3) is 0 Å². The van der Waals surface area contributed by atoms with Crippen molar-refractivity contribution in [3.8, 4) is 0 Å². The quantitative estimate of drug-likeness (QED) is 0.803. The standard InChI is InChI=1S/C16H17BrN2O/c1-11-18-14-8-4-5-9-15(14)19(11)10-16(20)12-6-2-3-7-13(12)17/h2-3,6-7H,4-5,8-10H2,1H3. The number of aromatic nitrogens is 2. The summed E-state index contributed by atoms with van der Waals surface area (Å²) in [4.78, 5) is 17.1. The smallest absolute Gasteiger partial charge is 0.183 e. The first kappa shape index (κ1) is 13.6. The number of imidazole rings is 1. The minimum Gasteiger partial charge on any atom is -0.324 e. The van der Waals surface area contributed by atoms with Gasteiger partial charge in [0.2, 0.25) is 0 Å². The SMILES string of the molecule is Cc1nc2c(n1CC(=O)c1ccccc1Br)CCCC2. The zero-order chi connectivity index (χ0) is 14.1. The molecule has 0 fully saturated rings. The van der Waals surface area contributed by atoms with E-state index in [0.29, 0.717) is 6.54 Å². The third-order valence-corrected chi connectivity index (χ3v) is 4.59. The topological polar surface area (TPSA) is 34.9 Å². The number of Topliss-reactive ketones (excluding diaryl/α,β-unsaturated/α-hetero) is 1. The van der Waals surface area contributed by atoms with Gasteiger partial charge in [-0.1, -0.05) is 34.1 Å². The molecule has 1 heterocycles. The molecule has 0 radical (unpaired) electrons. The van der Waals surface area contributed by atoms with E-state index in [2.05, 4.69) is 25.5 Å². The maximum atomic E-state index is 12.5. The van der Waals surface area contributed by atoms with E-state index in [1.54, 1.807) is 0 Å². The fraction of sp³-hybridized carbons (Fsp3) is 0.375. The van der Waals surface area contributed by atoms with Gasteiger partial charge in [0, 0.05) is 15.7 Å². The van der Waals surface area contributed by atoms with E-state index in [0.717, 1.165) is 28.7 Å². The molecule has 4 heteroatoms. The van der Waals surface area contributed by atoms with Gasteiger partial charge in [-0.3, -0.25) is 4.79 Å². The fourth-order valence-electron chi connectivity index (χ4n) is 2.86. The van der Waals surface area contributed by atoms with Crippen LogP contribution < -0.4 is 0 Å². The van der Waals surface area contributed by atoms with Gasteiger partial charge in [-0.2, -0.15) is 0 Å². The number of benzene rings is 1. The molecule has 3 rings (SSSR count). The Bertz CT molecular complexity index is 660. The normalized spacial score (nSPS) is 14.1. The summed E-state index contributed by atoms with van der Waals surface area (Å²) >= 11 is 3.45. The predicted octanol–water partition coefficient (Wildman–Crippen LogP) is 3.72. The van der Waals surface area contributed by atoms with Crippen LogP contribution in [0.25, 0.3) is 0 Å². The van der Waals surface area contributed by atoms with Crippen LogP contribution in [0, 0.1) is 6.92 Å². The molecule has 0 unspecified atom stereocenters. The number of ketones is 1. The van der Waals surface area contributed by atoms with Crippen LogP contribution in [0.4, 0.5) is 0 Å². The highest BCUT2D eigenvalue weighted by Crippen LogP contribution is 2.23. The third-order valence-electron chi connectivity index (χ3n) is 3.90. The predicted molar refractivity (Wildman–Crippen MR) is 82.1 cm³/mol. The zero-order valence-corrected chi connectivity index (χ0v) is 13.1. The molecule has 1 aromatic heterocycles. The molecule has 0 aliphatic heterocycles. The molecular weight excluding hydrogens is 316 g/mol. The number of halogens is 1. The van der Waals surface area contributed by atoms with Crippen LogP contribution in [0.15, 0.2) is 28.7 Å². The molecule has 1 aromatic carbocycles. The molecule has 20 heavy (non-hydrogen) atoms. The third kappa shape index (κ3) is 2.44. The lowest BCUT2D eigenvalue weighted by Crippen LogP contribution is -2.16. The number of nitrogens with zero attached hydrogens (tertiary/aromatic N) is 2. The Kier molecular flexibility index (Phi) is 3.74. The van der Waals surface area contributed by atoms with Gasteiger partial charge in [-0.15, -0.1) is 0 Å². The van der Waals surface area contributed by atoms with E-state index in [1.165, 1.54) is 24.2 Å². The summed E-state index contributed by atoms with van der Waals surface area (Å²) in [5.41, 5.74) is 3.19. The number of aryl methyl sites for hydroxylation is 2. The largest absolute Gasteiger partial charge is 0.324 e. The molecule has 0 spiro atoms. The Morgan fingerprint density at radius 2 is 2.05 bits per heavy atom. The first-order valence-corrected chi connectivity index (χ1v) is 7.78. The van der Waals surface area contributed by atoms with Crippen LogP contribution in [0.2, 0.25) is 0 Å². The lowest BCUT2D eigenvalue weighted by atomic mass is 10.0. The summed E-state index contributed by atoms with van der Waals surface area (Å²) in [5, 5.41) is 0. The molecule has 3 nitrogen and oxygen atoms in total. The van der Waals surface area contributed by atoms with Crippen molar-refractivity contribution in [2.75, 3.05) is 0 Å². The number of fused-ring (bicyclic) bond motifs is 1. The first-order valence-electron chi connectivity index (χ1n) is 6.99. The van der Waals surface area contributed by atoms with Crippen LogP contribution in [-0.2, 0) is 19.4 Å². The lowest BCUT2D eigenvalue weighted by Gasteiger charge is -2.14. The second-order valence-electron chi connectivity index (χ2n) is 5.25. The summed E-state index contributed by atoms with van der Waals surface area (Å²) in [6.07, 6.45) is 4.49. The monoisotopic (exact) mass is 332 g/mol. The summed E-state index contributed by atoms with van der Waals surface area (Å²) in [6.45, 7) is 2.38. The summed E-state index contributed by atoms with van der Waals surface area (Å²) in [5.74, 6) is 1.09. The van der Waals surface area contributed by atoms with E-state index >= 15 is 0 Å². The molecular formula is C16H17BrN2O. The average Bonchev–Trinajstić information content (AvgIpc) is 2.76. The summed E-state index contributed by atoms with van der Waals surface area (Å²) < 4.78 is 2.95. The molecule has 0 amide bonds. The molecule has 0 bridgehead atoms. The van der Waals surface area contributed by atoms with E-state index in [-0.39, 0.29) is 5.78 Å². The van der Waals surface area contributed by atoms with Crippen molar-refractivity contribution < 1.29 is 4.79 Å². The highest BCUT2D eigenvalue weighted by Gasteiger charge is 2.20. The highest BCUT2D eigenvalue weighted by molar-refractivity contribution is 9.10. The van der Waals surface area contributed by atoms with E-state index in [9.17, 15) is 4.79 Å². The van der Waals surface area contributed by atoms with Gasteiger partial charge >= 0.3 is 0 Å². The van der Waals surface area contributed by atoms with Gasteiger partial charge < -0.3 is 4.57 Å². The Morgan fingerprint density at radius 3 is 2.85 bits per heavy atom. The van der Waals surface area contributed by atoms with Crippen LogP contribution >= 0.6 is 15.9 Å². The van der Waals surface area contributed by atoms with E-state index in [4.69, 9.17) is 0 Å². The van der Waals surface area contributed by atoms with Crippen LogP contribution in [-0.4, -0.2) is 15.3 Å². The van der Waals surface area contributed by atoms with Gasteiger partial charge in [0.1, 0.15) is 5.82 Å². The van der Waals surface area contributed by atoms with Gasteiger partial charge in [0.15, 0.2) is 5.78 Å². The molecule has 0 saturated carbocycles. The molecule has 1 aliphatic carbocycles. The van der Waals surface area contributed by atoms with Gasteiger partial charge in [-0.25, -0.2) is 4.98 Å². The first-order chi connectivity index (χ1) is 9.66. The highest BCUT2D eigenvalue weighted by atomic mass is 79.9. The van der Waals surface area contributed by atoms with Gasteiger partial charge in [-0.05, 0) is 38.7 Å².